The van der Waals surface area contributed by atoms with Gasteiger partial charge in [-0.25, -0.2) is 4.79 Å². The lowest BCUT2D eigenvalue weighted by molar-refractivity contribution is -0.136. The van der Waals surface area contributed by atoms with E-state index >= 15 is 0 Å². The molecule has 1 aromatic heterocycles. The second-order valence-electron chi connectivity index (χ2n) is 7.20. The summed E-state index contributed by atoms with van der Waals surface area (Å²) in [6, 6.07) is 11.3. The van der Waals surface area contributed by atoms with E-state index < -0.39 is 5.97 Å². The number of anilines is 1. The average Bonchev–Trinajstić information content (AvgIpc) is 2.74. The van der Waals surface area contributed by atoms with Gasteiger partial charge in [0.25, 0.3) is 0 Å². The lowest BCUT2D eigenvalue weighted by Crippen LogP contribution is -2.37. The summed E-state index contributed by atoms with van der Waals surface area (Å²) in [7, 11) is 1.76. The van der Waals surface area contributed by atoms with E-state index in [-0.39, 0.29) is 12.5 Å². The number of carbonyl (C=O) groups is 2. The van der Waals surface area contributed by atoms with Crippen LogP contribution in [0.5, 0.6) is 0 Å². The molecule has 1 aromatic carbocycles. The largest absolute Gasteiger partial charge is 0.481 e. The van der Waals surface area contributed by atoms with Gasteiger partial charge in [0.1, 0.15) is 0 Å². The normalized spacial score (nSPS) is 10.6. The van der Waals surface area contributed by atoms with Crippen LogP contribution >= 0.6 is 0 Å². The number of aliphatic carboxylic acids is 1. The molecular formula is C23H31N3O3. The Morgan fingerprint density at radius 1 is 1.10 bits per heavy atom. The van der Waals surface area contributed by atoms with E-state index in [0.717, 1.165) is 35.3 Å². The number of amides is 2. The Morgan fingerprint density at radius 3 is 2.59 bits per heavy atom. The van der Waals surface area contributed by atoms with Crippen molar-refractivity contribution in [3.05, 3.63) is 48.2 Å². The molecule has 0 atom stereocenters. The number of rotatable bonds is 11. The first-order valence-corrected chi connectivity index (χ1v) is 10.3. The summed E-state index contributed by atoms with van der Waals surface area (Å²) in [5.41, 5.74) is 3.38. The SMILES string of the molecule is CCCCCCCNC(=O)N(C)c1cccc(-c2ccc(CCC(=O)O)cn2)c1. The van der Waals surface area contributed by atoms with Crippen molar-refractivity contribution >= 4 is 17.7 Å². The highest BCUT2D eigenvalue weighted by molar-refractivity contribution is 5.92. The van der Waals surface area contributed by atoms with Crippen LogP contribution in [-0.2, 0) is 11.2 Å². The molecule has 6 heteroatoms. The van der Waals surface area contributed by atoms with Crippen molar-refractivity contribution < 1.29 is 14.7 Å². The molecule has 0 saturated carbocycles. The number of carboxylic acids is 1. The summed E-state index contributed by atoms with van der Waals surface area (Å²) < 4.78 is 0. The maximum atomic E-state index is 12.4. The van der Waals surface area contributed by atoms with Crippen LogP contribution in [0.1, 0.15) is 51.0 Å². The molecule has 0 aliphatic heterocycles. The first-order valence-electron chi connectivity index (χ1n) is 10.3. The third-order valence-corrected chi connectivity index (χ3v) is 4.84. The molecule has 0 fully saturated rings. The topological polar surface area (TPSA) is 82.5 Å². The van der Waals surface area contributed by atoms with Crippen molar-refractivity contribution in [1.29, 1.82) is 0 Å². The second-order valence-corrected chi connectivity index (χ2v) is 7.20. The third-order valence-electron chi connectivity index (χ3n) is 4.84. The van der Waals surface area contributed by atoms with Gasteiger partial charge in [0.2, 0.25) is 0 Å². The summed E-state index contributed by atoms with van der Waals surface area (Å²) in [4.78, 5) is 29.1. The van der Waals surface area contributed by atoms with E-state index in [9.17, 15) is 9.59 Å². The fraction of sp³-hybridized carbons (Fsp3) is 0.435. The van der Waals surface area contributed by atoms with Crippen molar-refractivity contribution in [2.75, 3.05) is 18.5 Å². The number of hydrogen-bond acceptors (Lipinski definition) is 3. The molecule has 0 aliphatic carbocycles. The maximum absolute atomic E-state index is 12.4. The van der Waals surface area contributed by atoms with Crippen LogP contribution in [0.3, 0.4) is 0 Å². The minimum atomic E-state index is -0.816. The van der Waals surface area contributed by atoms with Crippen LogP contribution in [0.2, 0.25) is 0 Å². The number of nitrogens with one attached hydrogen (secondary N) is 1. The van der Waals surface area contributed by atoms with E-state index in [0.29, 0.717) is 13.0 Å². The molecule has 156 valence electrons. The molecule has 0 aliphatic rings. The number of aromatic nitrogens is 1. The van der Waals surface area contributed by atoms with Crippen molar-refractivity contribution in [2.24, 2.45) is 0 Å². The lowest BCUT2D eigenvalue weighted by Gasteiger charge is -2.19. The molecule has 1 heterocycles. The lowest BCUT2D eigenvalue weighted by atomic mass is 10.1. The van der Waals surface area contributed by atoms with Gasteiger partial charge in [-0.3, -0.25) is 14.7 Å². The van der Waals surface area contributed by atoms with Gasteiger partial charge < -0.3 is 10.4 Å². The number of hydrogen-bond donors (Lipinski definition) is 2. The number of unbranched alkanes of at least 4 members (excludes halogenated alkanes) is 4. The Bertz CT molecular complexity index is 790. The Balaban J connectivity index is 1.94. The van der Waals surface area contributed by atoms with Crippen molar-refractivity contribution in [2.45, 2.75) is 51.9 Å². The fourth-order valence-corrected chi connectivity index (χ4v) is 3.03. The molecule has 2 N–H and O–H groups in total. The second kappa shape index (κ2) is 11.8. The molecule has 6 nitrogen and oxygen atoms in total. The first kappa shape index (κ1) is 22.4. The highest BCUT2D eigenvalue weighted by Gasteiger charge is 2.11. The van der Waals surface area contributed by atoms with Crippen LogP contribution in [0.15, 0.2) is 42.6 Å². The number of carboxylic acid groups (broad SMARTS) is 1. The molecule has 0 unspecified atom stereocenters. The van der Waals surface area contributed by atoms with Gasteiger partial charge in [0, 0.05) is 37.5 Å². The molecule has 29 heavy (non-hydrogen) atoms. The molecule has 0 bridgehead atoms. The maximum Gasteiger partial charge on any atom is 0.321 e. The number of nitrogens with zero attached hydrogens (tertiary/aromatic N) is 2. The average molecular weight is 398 g/mol. The van der Waals surface area contributed by atoms with Gasteiger partial charge in [-0.1, -0.05) is 50.8 Å². The molecule has 0 radical (unpaired) electrons. The van der Waals surface area contributed by atoms with E-state index in [2.05, 4.69) is 17.2 Å². The van der Waals surface area contributed by atoms with Gasteiger partial charge in [-0.15, -0.1) is 0 Å². The van der Waals surface area contributed by atoms with E-state index in [1.54, 1.807) is 18.1 Å². The standard InChI is InChI=1S/C23H31N3O3/c1-3-4-5-6-7-15-24-23(29)26(2)20-10-8-9-19(16-20)21-13-11-18(17-25-21)12-14-22(27)28/h8-11,13,16-17H,3-7,12,14-15H2,1-2H3,(H,24,29)(H,27,28). The zero-order chi connectivity index (χ0) is 21.1. The summed E-state index contributed by atoms with van der Waals surface area (Å²) in [6.45, 7) is 2.88. The van der Waals surface area contributed by atoms with Crippen LogP contribution < -0.4 is 10.2 Å². The number of urea groups is 1. The predicted molar refractivity (Wildman–Crippen MR) is 116 cm³/mol. The molecule has 2 rings (SSSR count). The van der Waals surface area contributed by atoms with E-state index in [1.807, 2.05) is 36.4 Å². The summed E-state index contributed by atoms with van der Waals surface area (Å²) in [5.74, 6) is -0.816. The van der Waals surface area contributed by atoms with Crippen LogP contribution in [0.25, 0.3) is 11.3 Å². The predicted octanol–water partition coefficient (Wildman–Crippen LogP) is 4.88. The Hall–Kier alpha value is -2.89. The third kappa shape index (κ3) is 7.56. The number of pyridine rings is 1. The molecule has 0 saturated heterocycles. The minimum Gasteiger partial charge on any atom is -0.481 e. The van der Waals surface area contributed by atoms with Crippen LogP contribution in [-0.4, -0.2) is 35.7 Å². The highest BCUT2D eigenvalue weighted by atomic mass is 16.4. The van der Waals surface area contributed by atoms with Gasteiger partial charge in [0.15, 0.2) is 0 Å². The zero-order valence-corrected chi connectivity index (χ0v) is 17.4. The zero-order valence-electron chi connectivity index (χ0n) is 17.4. The van der Waals surface area contributed by atoms with Crippen LogP contribution in [0, 0.1) is 0 Å². The highest BCUT2D eigenvalue weighted by Crippen LogP contribution is 2.23. The molecule has 2 aromatic rings. The molecular weight excluding hydrogens is 366 g/mol. The van der Waals surface area contributed by atoms with Crippen LogP contribution in [0.4, 0.5) is 10.5 Å². The van der Waals surface area contributed by atoms with Crippen molar-refractivity contribution in [1.82, 2.24) is 10.3 Å². The fourth-order valence-electron chi connectivity index (χ4n) is 3.03. The van der Waals surface area contributed by atoms with Gasteiger partial charge >= 0.3 is 12.0 Å². The monoisotopic (exact) mass is 397 g/mol. The minimum absolute atomic E-state index is 0.0923. The van der Waals surface area contributed by atoms with Crippen molar-refractivity contribution in [3.63, 3.8) is 0 Å². The van der Waals surface area contributed by atoms with Gasteiger partial charge in [0.05, 0.1) is 5.69 Å². The Labute approximate surface area is 173 Å². The Morgan fingerprint density at radius 2 is 1.90 bits per heavy atom. The van der Waals surface area contributed by atoms with Crippen molar-refractivity contribution in [3.8, 4) is 11.3 Å². The van der Waals surface area contributed by atoms with Gasteiger partial charge in [-0.2, -0.15) is 0 Å². The number of benzene rings is 1. The summed E-state index contributed by atoms with van der Waals surface area (Å²) in [5, 5.41) is 11.8. The summed E-state index contributed by atoms with van der Waals surface area (Å²) in [6.07, 6.45) is 8.07. The Kier molecular flexibility index (Phi) is 9.15. The van der Waals surface area contributed by atoms with Gasteiger partial charge in [-0.05, 0) is 36.6 Å². The smallest absolute Gasteiger partial charge is 0.321 e. The first-order chi connectivity index (χ1) is 14.0. The van der Waals surface area contributed by atoms with E-state index in [1.165, 1.54) is 19.3 Å². The number of aryl methyl sites for hydroxylation is 1. The number of carbonyl (C=O) groups excluding carboxylic acids is 1. The summed E-state index contributed by atoms with van der Waals surface area (Å²) >= 11 is 0. The van der Waals surface area contributed by atoms with E-state index in [4.69, 9.17) is 5.11 Å². The molecule has 0 spiro atoms. The quantitative estimate of drug-likeness (QED) is 0.529. The molecule has 2 amide bonds.